The Balaban J connectivity index is 2.02. The molecule has 0 bridgehead atoms. The summed E-state index contributed by atoms with van der Waals surface area (Å²) >= 11 is 3.51. The van der Waals surface area contributed by atoms with E-state index >= 15 is 0 Å². The highest BCUT2D eigenvalue weighted by atomic mass is 79.9. The number of rotatable bonds is 0. The van der Waals surface area contributed by atoms with E-state index in [2.05, 4.69) is 39.4 Å². The molecule has 3 rings (SSSR count). The van der Waals surface area contributed by atoms with Gasteiger partial charge < -0.3 is 10.1 Å². The number of ether oxygens (including phenoxy) is 1. The molecule has 0 saturated carbocycles. The number of hydrogen-bond acceptors (Lipinski definition) is 2. The third kappa shape index (κ3) is 1.31. The Labute approximate surface area is 91.8 Å². The van der Waals surface area contributed by atoms with Gasteiger partial charge in [-0.1, -0.05) is 22.0 Å². The molecule has 1 aliphatic heterocycles. The lowest BCUT2D eigenvalue weighted by molar-refractivity contribution is 0.00356. The predicted molar refractivity (Wildman–Crippen MR) is 58.3 cm³/mol. The van der Waals surface area contributed by atoms with Crippen LogP contribution in [0.2, 0.25) is 0 Å². The van der Waals surface area contributed by atoms with Crippen molar-refractivity contribution in [3.63, 3.8) is 0 Å². The molecule has 1 fully saturated rings. The first-order valence-electron chi connectivity index (χ1n) is 4.98. The van der Waals surface area contributed by atoms with Crippen LogP contribution in [0.4, 0.5) is 0 Å². The topological polar surface area (TPSA) is 21.3 Å². The number of hydrogen-bond donors (Lipinski definition) is 1. The fourth-order valence-corrected chi connectivity index (χ4v) is 2.77. The van der Waals surface area contributed by atoms with Crippen LogP contribution in [-0.2, 0) is 11.2 Å². The summed E-state index contributed by atoms with van der Waals surface area (Å²) < 4.78 is 6.94. The maximum atomic E-state index is 5.80. The van der Waals surface area contributed by atoms with E-state index in [1.54, 1.807) is 0 Å². The highest BCUT2D eigenvalue weighted by Gasteiger charge is 2.34. The van der Waals surface area contributed by atoms with Gasteiger partial charge in [0.05, 0.1) is 12.7 Å². The molecule has 0 spiro atoms. The van der Waals surface area contributed by atoms with Gasteiger partial charge >= 0.3 is 0 Å². The van der Waals surface area contributed by atoms with Crippen molar-refractivity contribution in [2.75, 3.05) is 13.2 Å². The first-order chi connectivity index (χ1) is 6.84. The minimum Gasteiger partial charge on any atom is -0.371 e. The largest absolute Gasteiger partial charge is 0.371 e. The van der Waals surface area contributed by atoms with Gasteiger partial charge in [0.25, 0.3) is 0 Å². The molecular formula is C11H12BrNO. The van der Waals surface area contributed by atoms with Gasteiger partial charge in [-0.25, -0.2) is 0 Å². The molecule has 1 aliphatic carbocycles. The lowest BCUT2D eigenvalue weighted by atomic mass is 10.1. The molecule has 1 N–H and O–H groups in total. The Kier molecular flexibility index (Phi) is 2.11. The molecule has 2 unspecified atom stereocenters. The molecule has 1 aromatic rings. The van der Waals surface area contributed by atoms with E-state index in [0.29, 0.717) is 6.04 Å². The predicted octanol–water partition coefficient (Wildman–Crippen LogP) is 2.03. The second kappa shape index (κ2) is 3.33. The van der Waals surface area contributed by atoms with Crippen LogP contribution in [-0.4, -0.2) is 19.2 Å². The molecule has 0 aromatic heterocycles. The van der Waals surface area contributed by atoms with Crippen LogP contribution in [0.3, 0.4) is 0 Å². The summed E-state index contributed by atoms with van der Waals surface area (Å²) in [6, 6.07) is 6.99. The van der Waals surface area contributed by atoms with E-state index in [4.69, 9.17) is 4.74 Å². The zero-order valence-electron chi connectivity index (χ0n) is 7.79. The van der Waals surface area contributed by atoms with E-state index in [-0.39, 0.29) is 6.10 Å². The normalized spacial score (nSPS) is 29.8. The fraction of sp³-hybridized carbons (Fsp3) is 0.455. The molecule has 3 heteroatoms. The van der Waals surface area contributed by atoms with Crippen LogP contribution < -0.4 is 5.32 Å². The van der Waals surface area contributed by atoms with Crippen molar-refractivity contribution in [2.45, 2.75) is 18.6 Å². The quantitative estimate of drug-likeness (QED) is 0.764. The van der Waals surface area contributed by atoms with Crippen molar-refractivity contribution in [3.8, 4) is 0 Å². The highest BCUT2D eigenvalue weighted by molar-refractivity contribution is 9.10. The van der Waals surface area contributed by atoms with Crippen LogP contribution >= 0.6 is 15.9 Å². The number of halogens is 1. The van der Waals surface area contributed by atoms with Crippen LogP contribution in [0.25, 0.3) is 0 Å². The van der Waals surface area contributed by atoms with Crippen molar-refractivity contribution in [1.82, 2.24) is 5.32 Å². The van der Waals surface area contributed by atoms with E-state index < -0.39 is 0 Å². The van der Waals surface area contributed by atoms with Crippen molar-refractivity contribution in [2.24, 2.45) is 0 Å². The van der Waals surface area contributed by atoms with E-state index in [9.17, 15) is 0 Å². The first kappa shape index (κ1) is 8.89. The van der Waals surface area contributed by atoms with Gasteiger partial charge in [0.2, 0.25) is 0 Å². The van der Waals surface area contributed by atoms with Gasteiger partial charge in [-0.2, -0.15) is 0 Å². The summed E-state index contributed by atoms with van der Waals surface area (Å²) in [6.45, 7) is 1.81. The maximum absolute atomic E-state index is 5.80. The molecule has 0 amide bonds. The van der Waals surface area contributed by atoms with Gasteiger partial charge in [-0.05, 0) is 29.7 Å². The van der Waals surface area contributed by atoms with Crippen LogP contribution in [0, 0.1) is 0 Å². The summed E-state index contributed by atoms with van der Waals surface area (Å²) in [4.78, 5) is 0. The fourth-order valence-electron chi connectivity index (χ4n) is 2.39. The van der Waals surface area contributed by atoms with E-state index in [1.165, 1.54) is 11.1 Å². The molecule has 1 saturated heterocycles. The molecule has 0 radical (unpaired) electrons. The van der Waals surface area contributed by atoms with Crippen LogP contribution in [0.1, 0.15) is 17.2 Å². The van der Waals surface area contributed by atoms with Crippen molar-refractivity contribution < 1.29 is 4.74 Å². The van der Waals surface area contributed by atoms with Crippen LogP contribution in [0.5, 0.6) is 0 Å². The Morgan fingerprint density at radius 3 is 3.29 bits per heavy atom. The Bertz CT molecular complexity index is 366. The molecule has 2 aliphatic rings. The minimum absolute atomic E-state index is 0.274. The highest BCUT2D eigenvalue weighted by Crippen LogP contribution is 2.37. The summed E-state index contributed by atoms with van der Waals surface area (Å²) in [6.07, 6.45) is 1.38. The van der Waals surface area contributed by atoms with Crippen molar-refractivity contribution in [1.29, 1.82) is 0 Å². The summed E-state index contributed by atoms with van der Waals surface area (Å²) in [5.74, 6) is 0. The zero-order valence-corrected chi connectivity index (χ0v) is 9.38. The first-order valence-corrected chi connectivity index (χ1v) is 5.77. The molecular weight excluding hydrogens is 242 g/mol. The number of morpholine rings is 1. The zero-order chi connectivity index (χ0) is 9.54. The average Bonchev–Trinajstić information content (AvgIpc) is 2.56. The number of benzene rings is 1. The van der Waals surface area contributed by atoms with Gasteiger partial charge in [-0.15, -0.1) is 0 Å². The van der Waals surface area contributed by atoms with Gasteiger partial charge in [0.1, 0.15) is 0 Å². The molecule has 14 heavy (non-hydrogen) atoms. The third-order valence-corrected chi connectivity index (χ3v) is 3.52. The second-order valence-electron chi connectivity index (χ2n) is 3.90. The molecule has 2 nitrogen and oxygen atoms in total. The van der Waals surface area contributed by atoms with E-state index in [1.807, 2.05) is 0 Å². The Morgan fingerprint density at radius 2 is 2.36 bits per heavy atom. The van der Waals surface area contributed by atoms with Gasteiger partial charge in [0, 0.05) is 17.1 Å². The lowest BCUT2D eigenvalue weighted by Crippen LogP contribution is -2.41. The Hall–Kier alpha value is -0.380. The molecule has 1 heterocycles. The second-order valence-corrected chi connectivity index (χ2v) is 4.81. The maximum Gasteiger partial charge on any atom is 0.0984 e. The average molecular weight is 254 g/mol. The van der Waals surface area contributed by atoms with Crippen molar-refractivity contribution >= 4 is 15.9 Å². The molecule has 74 valence electrons. The van der Waals surface area contributed by atoms with Gasteiger partial charge in [0.15, 0.2) is 0 Å². The van der Waals surface area contributed by atoms with Crippen LogP contribution in [0.15, 0.2) is 22.7 Å². The molecule has 1 aromatic carbocycles. The standard InChI is InChI=1S/C11H12BrNO/c12-8-2-1-7-5-10-11(9(7)6-8)14-4-3-13-10/h1-2,6,10-11,13H,3-5H2. The van der Waals surface area contributed by atoms with E-state index in [0.717, 1.165) is 24.0 Å². The number of fused-ring (bicyclic) bond motifs is 3. The number of nitrogens with one attached hydrogen (secondary N) is 1. The summed E-state index contributed by atoms with van der Waals surface area (Å²) in [5, 5.41) is 3.51. The minimum atomic E-state index is 0.274. The lowest BCUT2D eigenvalue weighted by Gasteiger charge is -2.27. The third-order valence-electron chi connectivity index (χ3n) is 3.03. The summed E-state index contributed by atoms with van der Waals surface area (Å²) in [7, 11) is 0. The summed E-state index contributed by atoms with van der Waals surface area (Å²) in [5.41, 5.74) is 2.79. The molecule has 2 atom stereocenters. The van der Waals surface area contributed by atoms with Crippen molar-refractivity contribution in [3.05, 3.63) is 33.8 Å². The Morgan fingerprint density at radius 1 is 1.43 bits per heavy atom. The SMILES string of the molecule is Brc1ccc2c(c1)C1OCCNC1C2. The monoisotopic (exact) mass is 253 g/mol. The smallest absolute Gasteiger partial charge is 0.0984 e. The van der Waals surface area contributed by atoms with Gasteiger partial charge in [-0.3, -0.25) is 0 Å².